The molecule has 0 fully saturated rings. The van der Waals surface area contributed by atoms with E-state index in [4.69, 9.17) is 16.3 Å². The van der Waals surface area contributed by atoms with E-state index in [0.717, 1.165) is 22.3 Å². The van der Waals surface area contributed by atoms with Crippen molar-refractivity contribution < 1.29 is 24.1 Å². The second kappa shape index (κ2) is 12.0. The highest BCUT2D eigenvalue weighted by molar-refractivity contribution is 6.30. The largest absolute Gasteiger partial charge is 0.478 e. The van der Waals surface area contributed by atoms with Gasteiger partial charge in [-0.2, -0.15) is 0 Å². The van der Waals surface area contributed by atoms with Crippen molar-refractivity contribution in [2.45, 2.75) is 51.9 Å². The van der Waals surface area contributed by atoms with Gasteiger partial charge in [-0.05, 0) is 80.1 Å². The summed E-state index contributed by atoms with van der Waals surface area (Å²) in [7, 11) is 0. The molecule has 0 aromatic heterocycles. The van der Waals surface area contributed by atoms with Crippen molar-refractivity contribution in [2.24, 2.45) is 0 Å². The van der Waals surface area contributed by atoms with E-state index in [-0.39, 0.29) is 28.8 Å². The van der Waals surface area contributed by atoms with Gasteiger partial charge in [0, 0.05) is 12.1 Å². The van der Waals surface area contributed by atoms with Crippen molar-refractivity contribution >= 4 is 17.6 Å². The van der Waals surface area contributed by atoms with E-state index in [9.17, 15) is 19.4 Å². The van der Waals surface area contributed by atoms with E-state index in [1.165, 1.54) is 6.07 Å². The van der Waals surface area contributed by atoms with Crippen molar-refractivity contribution in [3.05, 3.63) is 93.8 Å². The van der Waals surface area contributed by atoms with Crippen molar-refractivity contribution in [3.8, 4) is 11.1 Å². The Bertz CT molecular complexity index is 1210. The van der Waals surface area contributed by atoms with Gasteiger partial charge in [0.15, 0.2) is 0 Å². The maximum absolute atomic E-state index is 13.8. The van der Waals surface area contributed by atoms with Gasteiger partial charge in [0.05, 0.1) is 29.4 Å². The van der Waals surface area contributed by atoms with Crippen molar-refractivity contribution in [3.63, 3.8) is 0 Å². The Labute approximate surface area is 216 Å². The van der Waals surface area contributed by atoms with E-state index in [1.54, 1.807) is 31.2 Å². The maximum Gasteiger partial charge on any atom is 0.335 e. The van der Waals surface area contributed by atoms with Gasteiger partial charge in [0.2, 0.25) is 0 Å². The molecule has 3 aromatic rings. The van der Waals surface area contributed by atoms with Gasteiger partial charge in [0.25, 0.3) is 0 Å². The third-order valence-electron chi connectivity index (χ3n) is 6.15. The number of ether oxygens (including phenoxy) is 1. The number of hydrogen-bond donors (Lipinski definition) is 3. The minimum absolute atomic E-state index is 0.0974. The predicted octanol–water partition coefficient (Wildman–Crippen LogP) is 6.20. The van der Waals surface area contributed by atoms with Crippen LogP contribution in [0.4, 0.5) is 4.39 Å². The normalized spacial score (nSPS) is 13.4. The van der Waals surface area contributed by atoms with Gasteiger partial charge in [-0.15, -0.1) is 0 Å². The van der Waals surface area contributed by atoms with E-state index in [2.05, 4.69) is 5.32 Å². The van der Waals surface area contributed by atoms with E-state index in [0.29, 0.717) is 18.5 Å². The maximum atomic E-state index is 13.8. The first kappa shape index (κ1) is 27.8. The summed E-state index contributed by atoms with van der Waals surface area (Å²) in [5.41, 5.74) is 4.22. The molecule has 0 aliphatic heterocycles. The van der Waals surface area contributed by atoms with Gasteiger partial charge in [-0.1, -0.05) is 54.1 Å². The van der Waals surface area contributed by atoms with Crippen LogP contribution in [0.2, 0.25) is 5.02 Å². The Kier molecular flexibility index (Phi) is 9.25. The zero-order valence-electron chi connectivity index (χ0n) is 21.0. The van der Waals surface area contributed by atoms with E-state index in [1.807, 2.05) is 51.1 Å². The minimum atomic E-state index is -0.949. The number of carboxylic acid groups (broad SMARTS) is 1. The molecule has 0 heterocycles. The first-order valence-electron chi connectivity index (χ1n) is 11.9. The molecule has 3 rings (SSSR count). The highest BCUT2D eigenvalue weighted by Crippen LogP contribution is 2.31. The third kappa shape index (κ3) is 7.37. The second-order valence-corrected chi connectivity index (χ2v) is 10.1. The Morgan fingerprint density at radius 1 is 1.14 bits per heavy atom. The smallest absolute Gasteiger partial charge is 0.335 e. The molecule has 0 aliphatic rings. The first-order chi connectivity index (χ1) is 17.0. The summed E-state index contributed by atoms with van der Waals surface area (Å²) in [5.74, 6) is -1.39. The Balaban J connectivity index is 1.59. The van der Waals surface area contributed by atoms with Crippen molar-refractivity contribution in [1.29, 1.82) is 0 Å². The Morgan fingerprint density at radius 3 is 2.53 bits per heavy atom. The molecule has 7 heteroatoms. The molecule has 5 nitrogen and oxygen atoms in total. The number of aliphatic hydroxyl groups is 1. The molecule has 3 aromatic carbocycles. The molecule has 0 bridgehead atoms. The number of β-amino-alcohol motifs (C(OH)–C–C–N with tert-alkyl or cyclic N) is 1. The number of carboxylic acids is 1. The Morgan fingerprint density at radius 2 is 1.86 bits per heavy atom. The quantitative estimate of drug-likeness (QED) is 0.284. The summed E-state index contributed by atoms with van der Waals surface area (Å²) in [6.45, 7) is 8.13. The van der Waals surface area contributed by atoms with Crippen LogP contribution < -0.4 is 5.32 Å². The van der Waals surface area contributed by atoms with E-state index >= 15 is 0 Å². The zero-order valence-corrected chi connectivity index (χ0v) is 21.8. The fourth-order valence-electron chi connectivity index (χ4n) is 4.21. The third-order valence-corrected chi connectivity index (χ3v) is 6.46. The molecule has 1 unspecified atom stereocenters. The highest BCUT2D eigenvalue weighted by Gasteiger charge is 2.21. The fraction of sp³-hybridized carbons (Fsp3) is 0.345. The summed E-state index contributed by atoms with van der Waals surface area (Å²) in [6.07, 6.45) is -0.461. The first-order valence-corrected chi connectivity index (χ1v) is 12.3. The molecule has 0 saturated carbocycles. The highest BCUT2D eigenvalue weighted by atomic mass is 35.5. The molecule has 36 heavy (non-hydrogen) atoms. The van der Waals surface area contributed by atoms with Crippen LogP contribution in [-0.4, -0.2) is 41.0 Å². The average molecular weight is 514 g/mol. The van der Waals surface area contributed by atoms with Crippen LogP contribution in [0.25, 0.3) is 11.1 Å². The topological polar surface area (TPSA) is 78.8 Å². The molecule has 0 saturated heterocycles. The molecule has 192 valence electrons. The number of benzene rings is 3. The number of aliphatic hydroxyl groups excluding tert-OH is 1. The van der Waals surface area contributed by atoms with Crippen LogP contribution >= 0.6 is 11.6 Å². The number of aryl methyl sites for hydroxylation is 1. The predicted molar refractivity (Wildman–Crippen MR) is 141 cm³/mol. The summed E-state index contributed by atoms with van der Waals surface area (Å²) < 4.78 is 19.8. The van der Waals surface area contributed by atoms with E-state index < -0.39 is 17.9 Å². The van der Waals surface area contributed by atoms with Gasteiger partial charge in [-0.25, -0.2) is 9.18 Å². The zero-order chi connectivity index (χ0) is 26.5. The molecule has 0 spiro atoms. The molecule has 0 radical (unpaired) electrons. The lowest BCUT2D eigenvalue weighted by atomic mass is 9.94. The summed E-state index contributed by atoms with van der Waals surface area (Å²) in [4.78, 5) is 11.4. The number of carbonyl (C=O) groups is 1. The lowest BCUT2D eigenvalue weighted by molar-refractivity contribution is -0.00397. The minimum Gasteiger partial charge on any atom is -0.478 e. The summed E-state index contributed by atoms with van der Waals surface area (Å²) in [6, 6.07) is 17.9. The monoisotopic (exact) mass is 513 g/mol. The summed E-state index contributed by atoms with van der Waals surface area (Å²) >= 11 is 5.77. The molecule has 3 N–H and O–H groups in total. The number of nitrogens with one attached hydrogen (secondary N) is 1. The molecular formula is C29H33ClFNO4. The average Bonchev–Trinajstić information content (AvgIpc) is 2.83. The van der Waals surface area contributed by atoms with Crippen molar-refractivity contribution in [2.75, 3.05) is 13.2 Å². The van der Waals surface area contributed by atoms with Gasteiger partial charge in [0.1, 0.15) is 5.82 Å². The lowest BCUT2D eigenvalue weighted by Gasteiger charge is -2.28. The number of hydrogen-bond acceptors (Lipinski definition) is 4. The van der Waals surface area contributed by atoms with Crippen LogP contribution in [0, 0.1) is 12.7 Å². The molecule has 0 aliphatic carbocycles. The fourth-order valence-corrected chi connectivity index (χ4v) is 4.32. The molecule has 2 atom stereocenters. The van der Waals surface area contributed by atoms with Crippen LogP contribution in [0.1, 0.15) is 53.9 Å². The summed E-state index contributed by atoms with van der Waals surface area (Å²) in [5, 5.41) is 23.3. The van der Waals surface area contributed by atoms with Crippen LogP contribution in [0.15, 0.2) is 60.7 Å². The van der Waals surface area contributed by atoms with Crippen molar-refractivity contribution in [1.82, 2.24) is 5.32 Å². The molecule has 0 amide bonds. The number of aromatic carboxylic acids is 1. The Hall–Kier alpha value is -2.77. The standard InChI is InChI=1S/C29H33ClFNO4/c1-18-13-21(10-11-23(18)28(34)35)25-8-6-5-7-24(25)19(2)36-17-22(33)16-32-29(3,4)15-20-9-12-26(30)27(31)14-20/h5-14,19,22,32-33H,15-17H2,1-4H3,(H,34,35)/t19?,22-/m0/s1. The van der Waals surface area contributed by atoms with Crippen LogP contribution in [0.5, 0.6) is 0 Å². The number of halogens is 2. The van der Waals surface area contributed by atoms with Crippen LogP contribution in [0.3, 0.4) is 0 Å². The van der Waals surface area contributed by atoms with Gasteiger partial charge in [-0.3, -0.25) is 0 Å². The van der Waals surface area contributed by atoms with Gasteiger partial charge < -0.3 is 20.3 Å². The lowest BCUT2D eigenvalue weighted by Crippen LogP contribution is -2.46. The number of rotatable bonds is 11. The van der Waals surface area contributed by atoms with Gasteiger partial charge >= 0.3 is 5.97 Å². The SMILES string of the molecule is Cc1cc(-c2ccccc2C(C)OC[C@@H](O)CNC(C)(C)Cc2ccc(Cl)c(F)c2)ccc1C(=O)O. The second-order valence-electron chi connectivity index (χ2n) is 9.74. The molecular weight excluding hydrogens is 481 g/mol. The van der Waals surface area contributed by atoms with Crippen LogP contribution in [-0.2, 0) is 11.2 Å².